The third kappa shape index (κ3) is 4.40. The monoisotopic (exact) mass is 373 g/mol. The van der Waals surface area contributed by atoms with Gasteiger partial charge in [-0.05, 0) is 44.9 Å². The number of carbonyl (C=O) groups excluding carboxylic acids is 2. The molecule has 0 bridgehead atoms. The normalized spacial score (nSPS) is 14.9. The molecule has 2 amide bonds. The second kappa shape index (κ2) is 8.31. The quantitative estimate of drug-likeness (QED) is 0.872. The summed E-state index contributed by atoms with van der Waals surface area (Å²) in [4.78, 5) is 31.1. The number of nitrogens with one attached hydrogen (secondary N) is 1. The minimum atomic E-state index is -0.0852. The van der Waals surface area contributed by atoms with Crippen molar-refractivity contribution in [2.24, 2.45) is 5.92 Å². The SMILES string of the molecule is CCOc1cccc(C(=O)N2CCC(C(=O)Nc3nc(C)cs3)CC2)c1. The molecule has 2 aromatic rings. The minimum absolute atomic E-state index is 0.00945. The third-order valence-electron chi connectivity index (χ3n) is 4.39. The Balaban J connectivity index is 1.55. The number of thiazole rings is 1. The first kappa shape index (κ1) is 18.4. The predicted molar refractivity (Wildman–Crippen MR) is 102 cm³/mol. The van der Waals surface area contributed by atoms with E-state index < -0.39 is 0 Å². The summed E-state index contributed by atoms with van der Waals surface area (Å²) in [6.45, 7) is 5.53. The number of aromatic nitrogens is 1. The van der Waals surface area contributed by atoms with Gasteiger partial charge in [0.1, 0.15) is 5.75 Å². The number of aryl methyl sites for hydroxylation is 1. The number of benzene rings is 1. The maximum absolute atomic E-state index is 12.7. The van der Waals surface area contributed by atoms with E-state index in [1.54, 1.807) is 12.1 Å². The molecule has 1 saturated heterocycles. The number of anilines is 1. The van der Waals surface area contributed by atoms with Gasteiger partial charge in [-0.1, -0.05) is 6.07 Å². The number of amides is 2. The van der Waals surface area contributed by atoms with E-state index in [0.29, 0.717) is 49.0 Å². The van der Waals surface area contributed by atoms with Crippen molar-refractivity contribution in [1.82, 2.24) is 9.88 Å². The highest BCUT2D eigenvalue weighted by atomic mass is 32.1. The van der Waals surface area contributed by atoms with E-state index in [1.165, 1.54) is 11.3 Å². The topological polar surface area (TPSA) is 71.5 Å². The standard InChI is InChI=1S/C19H23N3O3S/c1-3-25-16-6-4-5-15(11-16)18(24)22-9-7-14(8-10-22)17(23)21-19-20-13(2)12-26-19/h4-6,11-12,14H,3,7-10H2,1-2H3,(H,20,21,23). The van der Waals surface area contributed by atoms with Crippen LogP contribution < -0.4 is 10.1 Å². The second-order valence-corrected chi connectivity index (χ2v) is 7.17. The predicted octanol–water partition coefficient (Wildman–Crippen LogP) is 3.34. The largest absolute Gasteiger partial charge is 0.494 e. The van der Waals surface area contributed by atoms with Gasteiger partial charge in [0.25, 0.3) is 5.91 Å². The van der Waals surface area contributed by atoms with Gasteiger partial charge in [0, 0.05) is 30.0 Å². The van der Waals surface area contributed by atoms with Crippen LogP contribution in [-0.4, -0.2) is 41.4 Å². The molecule has 1 aliphatic heterocycles. The highest BCUT2D eigenvalue weighted by Gasteiger charge is 2.28. The van der Waals surface area contributed by atoms with Crippen LogP contribution in [0.1, 0.15) is 35.8 Å². The van der Waals surface area contributed by atoms with Crippen LogP contribution in [-0.2, 0) is 4.79 Å². The molecule has 1 N–H and O–H groups in total. The molecule has 1 aromatic carbocycles. The molecule has 1 fully saturated rings. The fourth-order valence-corrected chi connectivity index (χ4v) is 3.72. The van der Waals surface area contributed by atoms with Crippen LogP contribution in [0.15, 0.2) is 29.6 Å². The first-order valence-electron chi connectivity index (χ1n) is 8.82. The van der Waals surface area contributed by atoms with Crippen LogP contribution in [0.25, 0.3) is 0 Å². The molecule has 1 aromatic heterocycles. The van der Waals surface area contributed by atoms with E-state index in [9.17, 15) is 9.59 Å². The van der Waals surface area contributed by atoms with Gasteiger partial charge in [0.2, 0.25) is 5.91 Å². The Bertz CT molecular complexity index is 782. The zero-order valence-electron chi connectivity index (χ0n) is 15.0. The number of nitrogens with zero attached hydrogens (tertiary/aromatic N) is 2. The van der Waals surface area contributed by atoms with Crippen LogP contribution in [0.2, 0.25) is 0 Å². The number of likely N-dealkylation sites (tertiary alicyclic amines) is 1. The van der Waals surface area contributed by atoms with Gasteiger partial charge in [0.15, 0.2) is 5.13 Å². The van der Waals surface area contributed by atoms with Crippen molar-refractivity contribution < 1.29 is 14.3 Å². The van der Waals surface area contributed by atoms with E-state index in [-0.39, 0.29) is 17.7 Å². The molecule has 0 unspecified atom stereocenters. The van der Waals surface area contributed by atoms with Crippen LogP contribution in [0.5, 0.6) is 5.75 Å². The first-order valence-corrected chi connectivity index (χ1v) is 9.70. The van der Waals surface area contributed by atoms with Crippen molar-refractivity contribution in [3.63, 3.8) is 0 Å². The molecule has 26 heavy (non-hydrogen) atoms. The molecular formula is C19H23N3O3S. The number of piperidine rings is 1. The van der Waals surface area contributed by atoms with Crippen molar-refractivity contribution in [3.8, 4) is 5.75 Å². The van der Waals surface area contributed by atoms with Gasteiger partial charge in [-0.2, -0.15) is 0 Å². The zero-order chi connectivity index (χ0) is 18.5. The van der Waals surface area contributed by atoms with Crippen LogP contribution in [0, 0.1) is 12.8 Å². The second-order valence-electron chi connectivity index (χ2n) is 6.31. The Morgan fingerprint density at radius 3 is 2.77 bits per heavy atom. The molecule has 0 saturated carbocycles. The van der Waals surface area contributed by atoms with Crippen molar-refractivity contribution in [3.05, 3.63) is 40.9 Å². The lowest BCUT2D eigenvalue weighted by Crippen LogP contribution is -2.41. The third-order valence-corrected chi connectivity index (χ3v) is 5.27. The highest BCUT2D eigenvalue weighted by Crippen LogP contribution is 2.23. The molecule has 138 valence electrons. The van der Waals surface area contributed by atoms with Gasteiger partial charge in [-0.3, -0.25) is 9.59 Å². The molecule has 2 heterocycles. The van der Waals surface area contributed by atoms with Crippen LogP contribution in [0.3, 0.4) is 0 Å². The van der Waals surface area contributed by atoms with E-state index in [0.717, 1.165) is 5.69 Å². The Labute approximate surface area is 157 Å². The molecule has 0 aliphatic carbocycles. The first-order chi connectivity index (χ1) is 12.6. The van der Waals surface area contributed by atoms with Gasteiger partial charge in [0.05, 0.1) is 12.3 Å². The van der Waals surface area contributed by atoms with Crippen molar-refractivity contribution in [1.29, 1.82) is 0 Å². The summed E-state index contributed by atoms with van der Waals surface area (Å²) in [5.74, 6) is 0.593. The fraction of sp³-hybridized carbons (Fsp3) is 0.421. The highest BCUT2D eigenvalue weighted by molar-refractivity contribution is 7.13. The van der Waals surface area contributed by atoms with Crippen molar-refractivity contribution >= 4 is 28.3 Å². The Morgan fingerprint density at radius 1 is 1.35 bits per heavy atom. The molecular weight excluding hydrogens is 350 g/mol. The maximum atomic E-state index is 12.7. The smallest absolute Gasteiger partial charge is 0.253 e. The minimum Gasteiger partial charge on any atom is -0.494 e. The summed E-state index contributed by atoms with van der Waals surface area (Å²) in [6, 6.07) is 7.25. The van der Waals surface area contributed by atoms with Gasteiger partial charge in [-0.15, -0.1) is 11.3 Å². The summed E-state index contributed by atoms with van der Waals surface area (Å²) in [6.07, 6.45) is 1.32. The van der Waals surface area contributed by atoms with Gasteiger partial charge < -0.3 is 15.0 Å². The Morgan fingerprint density at radius 2 is 2.12 bits per heavy atom. The summed E-state index contributed by atoms with van der Waals surface area (Å²) < 4.78 is 5.46. The van der Waals surface area contributed by atoms with Gasteiger partial charge >= 0.3 is 0 Å². The molecule has 7 heteroatoms. The number of rotatable bonds is 5. The van der Waals surface area contributed by atoms with Crippen LogP contribution in [0.4, 0.5) is 5.13 Å². The lowest BCUT2D eigenvalue weighted by atomic mass is 9.95. The summed E-state index contributed by atoms with van der Waals surface area (Å²) >= 11 is 1.43. The van der Waals surface area contributed by atoms with E-state index in [4.69, 9.17) is 4.74 Å². The molecule has 0 radical (unpaired) electrons. The van der Waals surface area contributed by atoms with E-state index in [2.05, 4.69) is 10.3 Å². The average molecular weight is 373 g/mol. The molecule has 0 atom stereocenters. The fourth-order valence-electron chi connectivity index (χ4n) is 3.03. The number of carbonyl (C=O) groups is 2. The lowest BCUT2D eigenvalue weighted by molar-refractivity contribution is -0.121. The summed E-state index contributed by atoms with van der Waals surface area (Å²) in [7, 11) is 0. The Hall–Kier alpha value is -2.41. The number of hydrogen-bond donors (Lipinski definition) is 1. The Kier molecular flexibility index (Phi) is 5.88. The molecule has 0 spiro atoms. The van der Waals surface area contributed by atoms with E-state index >= 15 is 0 Å². The maximum Gasteiger partial charge on any atom is 0.253 e. The van der Waals surface area contributed by atoms with Crippen LogP contribution >= 0.6 is 11.3 Å². The zero-order valence-corrected chi connectivity index (χ0v) is 15.8. The van der Waals surface area contributed by atoms with E-state index in [1.807, 2.05) is 36.3 Å². The number of hydrogen-bond acceptors (Lipinski definition) is 5. The number of ether oxygens (including phenoxy) is 1. The van der Waals surface area contributed by atoms with Crippen molar-refractivity contribution in [2.75, 3.05) is 25.0 Å². The molecule has 1 aliphatic rings. The average Bonchev–Trinajstić information content (AvgIpc) is 3.06. The molecule has 3 rings (SSSR count). The lowest BCUT2D eigenvalue weighted by Gasteiger charge is -2.31. The molecule has 6 nitrogen and oxygen atoms in total. The summed E-state index contributed by atoms with van der Waals surface area (Å²) in [5.41, 5.74) is 1.53. The van der Waals surface area contributed by atoms with Gasteiger partial charge in [-0.25, -0.2) is 4.98 Å². The summed E-state index contributed by atoms with van der Waals surface area (Å²) in [5, 5.41) is 5.43. The van der Waals surface area contributed by atoms with Crippen molar-refractivity contribution in [2.45, 2.75) is 26.7 Å².